The number of rotatable bonds is 6. The summed E-state index contributed by atoms with van der Waals surface area (Å²) in [5, 5.41) is 10.7. The molecule has 0 fully saturated rings. The maximum atomic E-state index is 12.3. The normalized spacial score (nSPS) is 10.4. The summed E-state index contributed by atoms with van der Waals surface area (Å²) in [5.74, 6) is -1.19. The zero-order valence-electron chi connectivity index (χ0n) is 10.5. The van der Waals surface area contributed by atoms with Crippen LogP contribution < -0.4 is 10.5 Å². The molecule has 0 radical (unpaired) electrons. The summed E-state index contributed by atoms with van der Waals surface area (Å²) in [6.45, 7) is -1.51. The standard InChI is InChI=1S/C11H12F2N2O5/c1-2-19-9(16)4-6-3-7(15(17)18)5-8(14)10(6)20-11(12)13/h3,5,11H,2,4,14H2,1H3. The van der Waals surface area contributed by atoms with E-state index in [0.717, 1.165) is 12.1 Å². The first-order chi connectivity index (χ1) is 9.35. The van der Waals surface area contributed by atoms with Crippen LogP contribution in [0.5, 0.6) is 5.75 Å². The SMILES string of the molecule is CCOC(=O)Cc1cc([N+](=O)[O-])cc(N)c1OC(F)F. The number of alkyl halides is 2. The van der Waals surface area contributed by atoms with Crippen molar-refractivity contribution in [2.45, 2.75) is 20.0 Å². The molecule has 0 aliphatic heterocycles. The Hall–Kier alpha value is -2.45. The van der Waals surface area contributed by atoms with Gasteiger partial charge in [-0.3, -0.25) is 14.9 Å². The van der Waals surface area contributed by atoms with Crippen LogP contribution in [-0.2, 0) is 16.0 Å². The van der Waals surface area contributed by atoms with Gasteiger partial charge in [-0.25, -0.2) is 0 Å². The fraction of sp³-hybridized carbons (Fsp3) is 0.364. The predicted octanol–water partition coefficient (Wildman–Crippen LogP) is 1.88. The van der Waals surface area contributed by atoms with E-state index in [1.807, 2.05) is 0 Å². The van der Waals surface area contributed by atoms with Gasteiger partial charge in [0.05, 0.1) is 23.6 Å². The Labute approximate surface area is 112 Å². The number of nitrogens with zero attached hydrogens (tertiary/aromatic N) is 1. The number of nitrogen functional groups attached to an aromatic ring is 1. The van der Waals surface area contributed by atoms with Gasteiger partial charge in [-0.1, -0.05) is 0 Å². The molecule has 0 saturated carbocycles. The van der Waals surface area contributed by atoms with Crippen LogP contribution in [0.2, 0.25) is 0 Å². The Morgan fingerprint density at radius 2 is 2.15 bits per heavy atom. The fourth-order valence-corrected chi connectivity index (χ4v) is 1.53. The minimum absolute atomic E-state index is 0.0915. The number of hydrogen-bond acceptors (Lipinski definition) is 6. The lowest BCUT2D eigenvalue weighted by atomic mass is 10.1. The number of benzene rings is 1. The third-order valence-electron chi connectivity index (χ3n) is 2.24. The topological polar surface area (TPSA) is 105 Å². The highest BCUT2D eigenvalue weighted by molar-refractivity contribution is 5.76. The summed E-state index contributed by atoms with van der Waals surface area (Å²) in [4.78, 5) is 21.3. The minimum atomic E-state index is -3.17. The van der Waals surface area contributed by atoms with Crippen LogP contribution in [-0.4, -0.2) is 24.1 Å². The smallest absolute Gasteiger partial charge is 0.387 e. The van der Waals surface area contributed by atoms with Crippen LogP contribution in [0.4, 0.5) is 20.2 Å². The second kappa shape index (κ2) is 6.64. The zero-order valence-corrected chi connectivity index (χ0v) is 10.5. The third kappa shape index (κ3) is 4.04. The van der Waals surface area contributed by atoms with Crippen molar-refractivity contribution in [2.75, 3.05) is 12.3 Å². The number of carbonyl (C=O) groups is 1. The van der Waals surface area contributed by atoms with Crippen molar-refractivity contribution in [1.29, 1.82) is 0 Å². The Morgan fingerprint density at radius 3 is 2.65 bits per heavy atom. The first kappa shape index (κ1) is 15.6. The lowest BCUT2D eigenvalue weighted by Gasteiger charge is -2.12. The molecule has 1 rings (SSSR count). The number of esters is 1. The van der Waals surface area contributed by atoms with Gasteiger partial charge in [0, 0.05) is 17.7 Å². The van der Waals surface area contributed by atoms with Gasteiger partial charge in [-0.05, 0) is 6.92 Å². The summed E-state index contributed by atoms with van der Waals surface area (Å²) in [6.07, 6.45) is -0.457. The molecule has 0 aliphatic carbocycles. The van der Waals surface area contributed by atoms with Crippen LogP contribution in [0, 0.1) is 10.1 Å². The monoisotopic (exact) mass is 290 g/mol. The number of non-ortho nitro benzene ring substituents is 1. The van der Waals surface area contributed by atoms with E-state index in [9.17, 15) is 23.7 Å². The van der Waals surface area contributed by atoms with E-state index in [-0.39, 0.29) is 17.9 Å². The first-order valence-electron chi connectivity index (χ1n) is 5.52. The van der Waals surface area contributed by atoms with Gasteiger partial charge in [-0.15, -0.1) is 0 Å². The van der Waals surface area contributed by atoms with Crippen molar-refractivity contribution in [3.8, 4) is 5.75 Å². The van der Waals surface area contributed by atoms with Crippen molar-refractivity contribution in [2.24, 2.45) is 0 Å². The van der Waals surface area contributed by atoms with Crippen molar-refractivity contribution >= 4 is 17.3 Å². The molecular formula is C11H12F2N2O5. The fourth-order valence-electron chi connectivity index (χ4n) is 1.53. The number of nitro benzene ring substituents is 1. The number of nitro groups is 1. The predicted molar refractivity (Wildman–Crippen MR) is 64.5 cm³/mol. The summed E-state index contributed by atoms with van der Waals surface area (Å²) in [5.41, 5.74) is 4.54. The van der Waals surface area contributed by atoms with Gasteiger partial charge in [-0.2, -0.15) is 8.78 Å². The third-order valence-corrected chi connectivity index (χ3v) is 2.24. The summed E-state index contributed by atoms with van der Waals surface area (Å²) >= 11 is 0. The largest absolute Gasteiger partial charge is 0.466 e. The highest BCUT2D eigenvalue weighted by atomic mass is 19.3. The number of hydrogen-bond donors (Lipinski definition) is 1. The van der Waals surface area contributed by atoms with Gasteiger partial charge in [0.2, 0.25) is 0 Å². The molecule has 0 aromatic heterocycles. The maximum Gasteiger partial charge on any atom is 0.387 e. The molecule has 1 aromatic carbocycles. The van der Waals surface area contributed by atoms with E-state index >= 15 is 0 Å². The second-order valence-electron chi connectivity index (χ2n) is 3.64. The molecule has 20 heavy (non-hydrogen) atoms. The highest BCUT2D eigenvalue weighted by Gasteiger charge is 2.21. The van der Waals surface area contributed by atoms with E-state index in [2.05, 4.69) is 9.47 Å². The van der Waals surface area contributed by atoms with E-state index in [1.54, 1.807) is 6.92 Å². The molecular weight excluding hydrogens is 278 g/mol. The first-order valence-corrected chi connectivity index (χ1v) is 5.52. The summed E-state index contributed by atoms with van der Waals surface area (Å²) in [6, 6.07) is 1.83. The Kier molecular flexibility index (Phi) is 5.18. The molecule has 0 amide bonds. The van der Waals surface area contributed by atoms with Crippen LogP contribution >= 0.6 is 0 Å². The van der Waals surface area contributed by atoms with E-state index in [0.29, 0.717) is 0 Å². The second-order valence-corrected chi connectivity index (χ2v) is 3.64. The van der Waals surface area contributed by atoms with E-state index in [4.69, 9.17) is 5.73 Å². The van der Waals surface area contributed by atoms with Gasteiger partial charge in [0.15, 0.2) is 5.75 Å². The van der Waals surface area contributed by atoms with E-state index < -0.39 is 35.4 Å². The molecule has 0 spiro atoms. The summed E-state index contributed by atoms with van der Waals surface area (Å²) < 4.78 is 33.4. The van der Waals surface area contributed by atoms with Gasteiger partial charge < -0.3 is 15.2 Å². The Bertz CT molecular complexity index is 522. The number of halogens is 2. The number of anilines is 1. The Morgan fingerprint density at radius 1 is 1.50 bits per heavy atom. The van der Waals surface area contributed by atoms with E-state index in [1.165, 1.54) is 0 Å². The number of carbonyl (C=O) groups excluding carboxylic acids is 1. The van der Waals surface area contributed by atoms with Crippen LogP contribution in [0.15, 0.2) is 12.1 Å². The van der Waals surface area contributed by atoms with Crippen molar-refractivity contribution in [3.63, 3.8) is 0 Å². The average molecular weight is 290 g/mol. The molecule has 0 aliphatic rings. The lowest BCUT2D eigenvalue weighted by Crippen LogP contribution is -2.12. The summed E-state index contributed by atoms with van der Waals surface area (Å²) in [7, 11) is 0. The Balaban J connectivity index is 3.20. The molecule has 1 aromatic rings. The molecule has 2 N–H and O–H groups in total. The van der Waals surface area contributed by atoms with Crippen molar-refractivity contribution in [3.05, 3.63) is 27.8 Å². The molecule has 0 bridgehead atoms. The zero-order chi connectivity index (χ0) is 15.3. The molecule has 0 saturated heterocycles. The average Bonchev–Trinajstić information content (AvgIpc) is 2.32. The molecule has 7 nitrogen and oxygen atoms in total. The molecule has 9 heteroatoms. The number of nitrogens with two attached hydrogens (primary N) is 1. The lowest BCUT2D eigenvalue weighted by molar-refractivity contribution is -0.384. The minimum Gasteiger partial charge on any atom is -0.466 e. The maximum absolute atomic E-state index is 12.3. The van der Waals surface area contributed by atoms with Crippen LogP contribution in [0.25, 0.3) is 0 Å². The molecule has 0 atom stereocenters. The van der Waals surface area contributed by atoms with Gasteiger partial charge >= 0.3 is 12.6 Å². The van der Waals surface area contributed by atoms with Crippen molar-refractivity contribution in [1.82, 2.24) is 0 Å². The quantitative estimate of drug-likeness (QED) is 0.371. The molecule has 110 valence electrons. The van der Waals surface area contributed by atoms with Gasteiger partial charge in [0.1, 0.15) is 0 Å². The van der Waals surface area contributed by atoms with Crippen LogP contribution in [0.3, 0.4) is 0 Å². The van der Waals surface area contributed by atoms with Gasteiger partial charge in [0.25, 0.3) is 5.69 Å². The highest BCUT2D eigenvalue weighted by Crippen LogP contribution is 2.33. The molecule has 0 heterocycles. The molecule has 0 unspecified atom stereocenters. The van der Waals surface area contributed by atoms with Crippen LogP contribution in [0.1, 0.15) is 12.5 Å². The van der Waals surface area contributed by atoms with Crippen molar-refractivity contribution < 1.29 is 28.0 Å². The number of ether oxygens (including phenoxy) is 2.